The van der Waals surface area contributed by atoms with Gasteiger partial charge in [-0.3, -0.25) is 9.69 Å². The van der Waals surface area contributed by atoms with Crippen LogP contribution in [0.2, 0.25) is 0 Å². The van der Waals surface area contributed by atoms with E-state index < -0.39 is 5.97 Å². The van der Waals surface area contributed by atoms with E-state index in [1.54, 1.807) is 0 Å². The Labute approximate surface area is 108 Å². The highest BCUT2D eigenvalue weighted by Crippen LogP contribution is 2.38. The molecule has 17 heavy (non-hydrogen) atoms. The van der Waals surface area contributed by atoms with Gasteiger partial charge in [-0.05, 0) is 23.5 Å². The molecule has 1 N–H and O–H groups in total. The van der Waals surface area contributed by atoms with Gasteiger partial charge >= 0.3 is 5.97 Å². The number of likely N-dealkylation sites (tertiary alicyclic amines) is 1. The first-order valence-corrected chi connectivity index (χ1v) is 7.59. The molecule has 0 radical (unpaired) electrons. The zero-order valence-electron chi connectivity index (χ0n) is 11.0. The van der Waals surface area contributed by atoms with Crippen LogP contribution in [0.3, 0.4) is 0 Å². The molecule has 0 saturated carbocycles. The number of carboxylic acid groups (broad SMARTS) is 1. The minimum atomic E-state index is -0.645. The van der Waals surface area contributed by atoms with Gasteiger partial charge in [-0.25, -0.2) is 0 Å². The Balaban J connectivity index is 1.81. The van der Waals surface area contributed by atoms with Crippen LogP contribution < -0.4 is 0 Å². The van der Waals surface area contributed by atoms with Gasteiger partial charge in [-0.1, -0.05) is 20.8 Å². The Kier molecular flexibility index (Phi) is 3.74. The van der Waals surface area contributed by atoms with Crippen molar-refractivity contribution in [3.05, 3.63) is 0 Å². The molecule has 0 aromatic heterocycles. The lowest BCUT2D eigenvalue weighted by atomic mass is 9.82. The summed E-state index contributed by atoms with van der Waals surface area (Å²) in [5.41, 5.74) is 0.442. The van der Waals surface area contributed by atoms with Crippen molar-refractivity contribution in [1.82, 2.24) is 4.90 Å². The third kappa shape index (κ3) is 2.97. The largest absolute Gasteiger partial charge is 0.481 e. The molecule has 2 rings (SSSR count). The Morgan fingerprint density at radius 3 is 2.65 bits per heavy atom. The van der Waals surface area contributed by atoms with E-state index in [0.717, 1.165) is 13.1 Å². The van der Waals surface area contributed by atoms with Crippen molar-refractivity contribution in [3.63, 3.8) is 0 Å². The van der Waals surface area contributed by atoms with Crippen molar-refractivity contribution in [1.29, 1.82) is 0 Å². The van der Waals surface area contributed by atoms with Crippen molar-refractivity contribution in [2.45, 2.75) is 33.2 Å². The van der Waals surface area contributed by atoms with Gasteiger partial charge in [0, 0.05) is 24.9 Å². The smallest absolute Gasteiger partial charge is 0.306 e. The number of aliphatic carboxylic acids is 1. The number of hydrogen-bond donors (Lipinski definition) is 1. The molecule has 98 valence electrons. The maximum absolute atomic E-state index is 10.9. The van der Waals surface area contributed by atoms with Gasteiger partial charge in [-0.2, -0.15) is 11.8 Å². The van der Waals surface area contributed by atoms with Crippen LogP contribution in [0.15, 0.2) is 0 Å². The molecule has 0 amide bonds. The summed E-state index contributed by atoms with van der Waals surface area (Å²) in [7, 11) is 0. The summed E-state index contributed by atoms with van der Waals surface area (Å²) >= 11 is 2.05. The van der Waals surface area contributed by atoms with Gasteiger partial charge in [0.15, 0.2) is 0 Å². The number of thioether (sulfide) groups is 1. The summed E-state index contributed by atoms with van der Waals surface area (Å²) in [5, 5.41) is 8.97. The highest BCUT2D eigenvalue weighted by atomic mass is 32.2. The lowest BCUT2D eigenvalue weighted by Gasteiger charge is -2.49. The van der Waals surface area contributed by atoms with E-state index in [4.69, 9.17) is 5.11 Å². The molecule has 2 fully saturated rings. The fourth-order valence-corrected chi connectivity index (χ4v) is 4.22. The summed E-state index contributed by atoms with van der Waals surface area (Å²) in [4.78, 5) is 13.4. The minimum absolute atomic E-state index is 0.185. The molecule has 2 atom stereocenters. The fraction of sp³-hybridized carbons (Fsp3) is 0.923. The zero-order chi connectivity index (χ0) is 12.6. The molecule has 3 nitrogen and oxygen atoms in total. The highest BCUT2D eigenvalue weighted by molar-refractivity contribution is 7.99. The van der Waals surface area contributed by atoms with Crippen LogP contribution in [0.5, 0.6) is 0 Å². The molecule has 0 bridgehead atoms. The van der Waals surface area contributed by atoms with Crippen molar-refractivity contribution in [3.8, 4) is 0 Å². The Bertz CT molecular complexity index is 300. The summed E-state index contributed by atoms with van der Waals surface area (Å²) in [6, 6.07) is 0.668. The van der Waals surface area contributed by atoms with Gasteiger partial charge in [-0.15, -0.1) is 0 Å². The van der Waals surface area contributed by atoms with E-state index in [1.165, 1.54) is 17.9 Å². The number of carboxylic acids is 1. The average molecular weight is 257 g/mol. The van der Waals surface area contributed by atoms with Gasteiger partial charge < -0.3 is 5.11 Å². The Morgan fingerprint density at radius 2 is 2.12 bits per heavy atom. The summed E-state index contributed by atoms with van der Waals surface area (Å²) in [6.07, 6.45) is 1.26. The molecule has 0 aromatic carbocycles. The highest BCUT2D eigenvalue weighted by Gasteiger charge is 2.40. The van der Waals surface area contributed by atoms with Gasteiger partial charge in [0.25, 0.3) is 0 Å². The topological polar surface area (TPSA) is 40.5 Å². The molecule has 0 aliphatic carbocycles. The van der Waals surface area contributed by atoms with Gasteiger partial charge in [0.2, 0.25) is 0 Å². The number of rotatable bonds is 3. The zero-order valence-corrected chi connectivity index (χ0v) is 11.8. The van der Waals surface area contributed by atoms with Crippen LogP contribution in [0.1, 0.15) is 27.2 Å². The Morgan fingerprint density at radius 1 is 1.47 bits per heavy atom. The number of nitrogens with zero attached hydrogens (tertiary/aromatic N) is 1. The molecule has 2 aliphatic heterocycles. The molecule has 2 heterocycles. The van der Waals surface area contributed by atoms with Crippen LogP contribution in [-0.4, -0.2) is 46.6 Å². The second-order valence-electron chi connectivity index (χ2n) is 6.38. The van der Waals surface area contributed by atoms with Gasteiger partial charge in [0.1, 0.15) is 0 Å². The summed E-state index contributed by atoms with van der Waals surface area (Å²) in [6.45, 7) is 8.47. The molecule has 4 heteroatoms. The number of hydrogen-bond acceptors (Lipinski definition) is 3. The quantitative estimate of drug-likeness (QED) is 0.841. The molecule has 2 saturated heterocycles. The molecular weight excluding hydrogens is 234 g/mol. The van der Waals surface area contributed by atoms with E-state index in [9.17, 15) is 4.79 Å². The first-order valence-electron chi connectivity index (χ1n) is 6.44. The second-order valence-corrected chi connectivity index (χ2v) is 7.41. The predicted octanol–water partition coefficient (Wildman–Crippen LogP) is 2.17. The third-order valence-corrected chi connectivity index (χ3v) is 5.75. The predicted molar refractivity (Wildman–Crippen MR) is 71.4 cm³/mol. The Hall–Kier alpha value is -0.220. The van der Waals surface area contributed by atoms with Crippen molar-refractivity contribution in [2.75, 3.05) is 24.6 Å². The summed E-state index contributed by atoms with van der Waals surface area (Å²) in [5.74, 6) is 2.01. The van der Waals surface area contributed by atoms with Crippen molar-refractivity contribution < 1.29 is 9.90 Å². The van der Waals surface area contributed by atoms with E-state index >= 15 is 0 Å². The minimum Gasteiger partial charge on any atom is -0.481 e. The lowest BCUT2D eigenvalue weighted by molar-refractivity contribution is -0.146. The van der Waals surface area contributed by atoms with Crippen LogP contribution in [-0.2, 0) is 4.79 Å². The maximum atomic E-state index is 10.9. The van der Waals surface area contributed by atoms with Crippen LogP contribution in [0.4, 0.5) is 0 Å². The van der Waals surface area contributed by atoms with E-state index in [0.29, 0.717) is 17.4 Å². The molecule has 0 spiro atoms. The monoisotopic (exact) mass is 257 g/mol. The van der Waals surface area contributed by atoms with E-state index in [-0.39, 0.29) is 5.92 Å². The van der Waals surface area contributed by atoms with Crippen molar-refractivity contribution in [2.24, 2.45) is 17.3 Å². The first kappa shape index (κ1) is 13.2. The molecule has 2 unspecified atom stereocenters. The first-order chi connectivity index (χ1) is 7.89. The summed E-state index contributed by atoms with van der Waals surface area (Å²) < 4.78 is 0. The van der Waals surface area contributed by atoms with E-state index in [2.05, 4.69) is 18.7 Å². The fourth-order valence-electron chi connectivity index (χ4n) is 2.83. The second kappa shape index (κ2) is 4.81. The van der Waals surface area contributed by atoms with E-state index in [1.807, 2.05) is 18.7 Å². The number of carbonyl (C=O) groups is 1. The standard InChI is InChI=1S/C13H23NO2S/c1-9(12(15)16)10-5-14(6-10)11-4-13(2,3)8-17-7-11/h9-11H,4-8H2,1-3H3,(H,15,16). The average Bonchev–Trinajstić information content (AvgIpc) is 2.13. The van der Waals surface area contributed by atoms with Crippen LogP contribution >= 0.6 is 11.8 Å². The molecule has 0 aromatic rings. The van der Waals surface area contributed by atoms with Crippen LogP contribution in [0.25, 0.3) is 0 Å². The lowest BCUT2D eigenvalue weighted by Crippen LogP contribution is -2.57. The normalized spacial score (nSPS) is 31.8. The van der Waals surface area contributed by atoms with Crippen molar-refractivity contribution >= 4 is 17.7 Å². The maximum Gasteiger partial charge on any atom is 0.306 e. The van der Waals surface area contributed by atoms with Gasteiger partial charge in [0.05, 0.1) is 5.92 Å². The SMILES string of the molecule is CC(C(=O)O)C1CN(C2CSCC(C)(C)C2)C1. The molecule has 2 aliphatic rings. The molecular formula is C13H23NO2S. The van der Waals surface area contributed by atoms with Crippen LogP contribution in [0, 0.1) is 17.3 Å². The third-order valence-electron chi connectivity index (χ3n) is 4.14.